The van der Waals surface area contributed by atoms with Crippen LogP contribution >= 0.6 is 0 Å². The summed E-state index contributed by atoms with van der Waals surface area (Å²) < 4.78 is 16.1. The number of rotatable bonds is 10. The van der Waals surface area contributed by atoms with E-state index < -0.39 is 0 Å². The Labute approximate surface area is 148 Å². The zero-order valence-corrected chi connectivity index (χ0v) is 14.6. The van der Waals surface area contributed by atoms with Crippen molar-refractivity contribution in [3.63, 3.8) is 0 Å². The lowest BCUT2D eigenvalue weighted by atomic mass is 10.3. The highest BCUT2D eigenvalue weighted by Crippen LogP contribution is 2.22. The molecule has 0 unspecified atom stereocenters. The Balaban J connectivity index is 1.83. The van der Waals surface area contributed by atoms with Crippen LogP contribution in [0.4, 0.5) is 11.4 Å². The molecular weight excluding hydrogens is 320 g/mol. The van der Waals surface area contributed by atoms with Crippen LogP contribution in [0, 0.1) is 0 Å². The maximum Gasteiger partial charge on any atom is 0.243 e. The summed E-state index contributed by atoms with van der Waals surface area (Å²) in [5.74, 6) is 1.23. The zero-order valence-electron chi connectivity index (χ0n) is 14.6. The molecule has 0 aliphatic rings. The molecule has 1 amide bonds. The second kappa shape index (κ2) is 10.2. The molecule has 0 radical (unpaired) electrons. The summed E-state index contributed by atoms with van der Waals surface area (Å²) in [5.41, 5.74) is 1.45. The zero-order chi connectivity index (χ0) is 17.9. The van der Waals surface area contributed by atoms with Gasteiger partial charge in [0.25, 0.3) is 0 Å². The van der Waals surface area contributed by atoms with Gasteiger partial charge >= 0.3 is 0 Å². The van der Waals surface area contributed by atoms with E-state index >= 15 is 0 Å². The fourth-order valence-corrected chi connectivity index (χ4v) is 2.20. The highest BCUT2D eigenvalue weighted by atomic mass is 16.5. The second-order valence-corrected chi connectivity index (χ2v) is 5.18. The van der Waals surface area contributed by atoms with Crippen LogP contribution in [0.25, 0.3) is 0 Å². The van der Waals surface area contributed by atoms with Gasteiger partial charge in [-0.15, -0.1) is 0 Å². The maximum absolute atomic E-state index is 12.1. The van der Waals surface area contributed by atoms with E-state index in [0.717, 1.165) is 5.69 Å². The molecule has 0 aromatic heterocycles. The number of benzene rings is 2. The molecule has 134 valence electrons. The van der Waals surface area contributed by atoms with Gasteiger partial charge in [-0.3, -0.25) is 4.79 Å². The number of carbonyl (C=O) groups excluding carboxylic acids is 1. The molecule has 0 atom stereocenters. The van der Waals surface area contributed by atoms with Gasteiger partial charge in [0.15, 0.2) is 0 Å². The van der Waals surface area contributed by atoms with Crippen LogP contribution in [0.2, 0.25) is 0 Å². The van der Waals surface area contributed by atoms with E-state index in [4.69, 9.17) is 14.2 Å². The summed E-state index contributed by atoms with van der Waals surface area (Å²) in [5, 5.41) is 5.90. The van der Waals surface area contributed by atoms with Crippen molar-refractivity contribution in [1.29, 1.82) is 0 Å². The van der Waals surface area contributed by atoms with E-state index in [-0.39, 0.29) is 12.5 Å². The van der Waals surface area contributed by atoms with Crippen LogP contribution in [-0.4, -0.2) is 39.4 Å². The first kappa shape index (κ1) is 18.6. The van der Waals surface area contributed by atoms with Crippen molar-refractivity contribution in [1.82, 2.24) is 0 Å². The molecular formula is C19H24N2O4. The number of para-hydroxylation sites is 2. The van der Waals surface area contributed by atoms with Gasteiger partial charge in [0.05, 0.1) is 25.9 Å². The normalized spacial score (nSPS) is 10.2. The van der Waals surface area contributed by atoms with Gasteiger partial charge in [0.2, 0.25) is 5.91 Å². The van der Waals surface area contributed by atoms with Gasteiger partial charge in [-0.25, -0.2) is 0 Å². The molecule has 0 fully saturated rings. The number of ether oxygens (including phenoxy) is 3. The minimum Gasteiger partial charge on any atom is -0.495 e. The van der Waals surface area contributed by atoms with Crippen molar-refractivity contribution in [3.8, 4) is 11.5 Å². The Morgan fingerprint density at radius 1 is 1.08 bits per heavy atom. The summed E-state index contributed by atoms with van der Waals surface area (Å²) in [4.78, 5) is 12.1. The smallest absolute Gasteiger partial charge is 0.243 e. The lowest BCUT2D eigenvalue weighted by molar-refractivity contribution is -0.114. The molecule has 6 heteroatoms. The Hall–Kier alpha value is -2.73. The van der Waals surface area contributed by atoms with Gasteiger partial charge in [0.1, 0.15) is 18.1 Å². The number of nitrogens with one attached hydrogen (secondary N) is 2. The van der Waals surface area contributed by atoms with Crippen molar-refractivity contribution < 1.29 is 19.0 Å². The van der Waals surface area contributed by atoms with Crippen molar-refractivity contribution in [2.75, 3.05) is 44.1 Å². The third-order valence-corrected chi connectivity index (χ3v) is 3.36. The number of hydrogen-bond donors (Lipinski definition) is 2. The molecule has 6 nitrogen and oxygen atoms in total. The van der Waals surface area contributed by atoms with Gasteiger partial charge in [-0.05, 0) is 31.2 Å². The monoisotopic (exact) mass is 344 g/mol. The van der Waals surface area contributed by atoms with Crippen molar-refractivity contribution in [2.24, 2.45) is 0 Å². The quantitative estimate of drug-likeness (QED) is 0.648. The van der Waals surface area contributed by atoms with Crippen LogP contribution in [-0.2, 0) is 9.53 Å². The molecule has 2 N–H and O–H groups in total. The fourth-order valence-electron chi connectivity index (χ4n) is 2.20. The maximum atomic E-state index is 12.1. The molecule has 0 spiro atoms. The van der Waals surface area contributed by atoms with E-state index in [1.165, 1.54) is 0 Å². The summed E-state index contributed by atoms with van der Waals surface area (Å²) >= 11 is 0. The van der Waals surface area contributed by atoms with E-state index in [1.807, 2.05) is 49.4 Å². The first-order chi connectivity index (χ1) is 12.2. The van der Waals surface area contributed by atoms with Gasteiger partial charge in [-0.1, -0.05) is 18.2 Å². The highest BCUT2D eigenvalue weighted by molar-refractivity contribution is 5.94. The molecule has 0 saturated carbocycles. The Kier molecular flexibility index (Phi) is 7.59. The largest absolute Gasteiger partial charge is 0.495 e. The molecule has 0 heterocycles. The molecule has 0 bridgehead atoms. The molecule has 2 aromatic rings. The van der Waals surface area contributed by atoms with Crippen LogP contribution in [0.15, 0.2) is 48.5 Å². The number of carbonyl (C=O) groups is 1. The molecule has 0 aliphatic carbocycles. The first-order valence-corrected chi connectivity index (χ1v) is 8.20. The van der Waals surface area contributed by atoms with Crippen LogP contribution in [0.5, 0.6) is 11.5 Å². The summed E-state index contributed by atoms with van der Waals surface area (Å²) in [6, 6.07) is 14.7. The minimum atomic E-state index is -0.155. The van der Waals surface area contributed by atoms with Crippen molar-refractivity contribution in [2.45, 2.75) is 6.92 Å². The second-order valence-electron chi connectivity index (χ2n) is 5.18. The highest BCUT2D eigenvalue weighted by Gasteiger charge is 2.06. The number of amides is 1. The van der Waals surface area contributed by atoms with Gasteiger partial charge in [0, 0.05) is 18.4 Å². The minimum absolute atomic E-state index is 0.135. The molecule has 2 rings (SSSR count). The third kappa shape index (κ3) is 6.35. The summed E-state index contributed by atoms with van der Waals surface area (Å²) in [7, 11) is 1.59. The van der Waals surface area contributed by atoms with Crippen LogP contribution < -0.4 is 20.1 Å². The average Bonchev–Trinajstić information content (AvgIpc) is 2.64. The van der Waals surface area contributed by atoms with E-state index in [2.05, 4.69) is 10.6 Å². The Bertz CT molecular complexity index is 676. The van der Waals surface area contributed by atoms with E-state index in [1.54, 1.807) is 13.2 Å². The Morgan fingerprint density at radius 3 is 2.72 bits per heavy atom. The third-order valence-electron chi connectivity index (χ3n) is 3.36. The molecule has 0 aliphatic heterocycles. The first-order valence-electron chi connectivity index (χ1n) is 8.20. The topological polar surface area (TPSA) is 68.8 Å². The predicted molar refractivity (Wildman–Crippen MR) is 98.5 cm³/mol. The average molecular weight is 344 g/mol. The SMILES string of the molecule is CCOCCOc1cccc(NC(=O)CNc2ccccc2OC)c1. The van der Waals surface area contributed by atoms with Gasteiger partial charge < -0.3 is 24.8 Å². The van der Waals surface area contributed by atoms with E-state index in [9.17, 15) is 4.79 Å². The van der Waals surface area contributed by atoms with Crippen LogP contribution in [0.3, 0.4) is 0 Å². The standard InChI is InChI=1S/C19H24N2O4/c1-3-24-11-12-25-16-8-6-7-15(13-16)21-19(22)14-20-17-9-4-5-10-18(17)23-2/h4-10,13,20H,3,11-12,14H2,1-2H3,(H,21,22). The lowest BCUT2D eigenvalue weighted by Gasteiger charge is -2.12. The summed E-state index contributed by atoms with van der Waals surface area (Å²) in [6.07, 6.45) is 0. The molecule has 25 heavy (non-hydrogen) atoms. The number of hydrogen-bond acceptors (Lipinski definition) is 5. The predicted octanol–water partition coefficient (Wildman–Crippen LogP) is 3.16. The number of anilines is 2. The van der Waals surface area contributed by atoms with Gasteiger partial charge in [-0.2, -0.15) is 0 Å². The summed E-state index contributed by atoms with van der Waals surface area (Å²) in [6.45, 7) is 3.75. The number of methoxy groups -OCH3 is 1. The molecule has 2 aromatic carbocycles. The van der Waals surface area contributed by atoms with Crippen molar-refractivity contribution >= 4 is 17.3 Å². The van der Waals surface area contributed by atoms with Crippen molar-refractivity contribution in [3.05, 3.63) is 48.5 Å². The van der Waals surface area contributed by atoms with E-state index in [0.29, 0.717) is 37.0 Å². The fraction of sp³-hybridized carbons (Fsp3) is 0.316. The molecule has 0 saturated heterocycles. The Morgan fingerprint density at radius 2 is 1.92 bits per heavy atom. The van der Waals surface area contributed by atoms with Crippen LogP contribution in [0.1, 0.15) is 6.92 Å². The lowest BCUT2D eigenvalue weighted by Crippen LogP contribution is -2.22.